The maximum atomic E-state index is 12.4. The number of amides is 1. The van der Waals surface area contributed by atoms with E-state index in [0.29, 0.717) is 30.2 Å². The Labute approximate surface area is 124 Å². The average molecular weight is 291 g/mol. The molecule has 0 spiro atoms. The van der Waals surface area contributed by atoms with Crippen LogP contribution in [0.15, 0.2) is 24.3 Å². The summed E-state index contributed by atoms with van der Waals surface area (Å²) < 4.78 is 5.11. The maximum absolute atomic E-state index is 12.4. The number of rotatable bonds is 5. The summed E-state index contributed by atoms with van der Waals surface area (Å²) in [5.41, 5.74) is 0.628. The first-order chi connectivity index (χ1) is 10.0. The fourth-order valence-corrected chi connectivity index (χ4v) is 2.97. The third-order valence-corrected chi connectivity index (χ3v) is 4.23. The van der Waals surface area contributed by atoms with E-state index < -0.39 is 17.8 Å². The topological polar surface area (TPSA) is 75.6 Å². The van der Waals surface area contributed by atoms with E-state index in [4.69, 9.17) is 4.74 Å². The number of benzene rings is 1. The summed E-state index contributed by atoms with van der Waals surface area (Å²) in [6.07, 6.45) is 2.14. The normalized spacial score (nSPS) is 24.6. The predicted octanol–water partition coefficient (Wildman–Crippen LogP) is 2.77. The van der Waals surface area contributed by atoms with E-state index in [1.54, 1.807) is 31.4 Å². The van der Waals surface area contributed by atoms with Crippen LogP contribution in [0.5, 0.6) is 5.75 Å². The molecule has 1 amide bonds. The molecule has 2 N–H and O–H groups in total. The van der Waals surface area contributed by atoms with Gasteiger partial charge in [-0.3, -0.25) is 9.59 Å². The zero-order valence-corrected chi connectivity index (χ0v) is 12.3. The van der Waals surface area contributed by atoms with Gasteiger partial charge in [0.05, 0.1) is 18.9 Å². The van der Waals surface area contributed by atoms with Crippen LogP contribution >= 0.6 is 0 Å². The second-order valence-corrected chi connectivity index (χ2v) is 5.52. The number of carbonyl (C=O) groups excluding carboxylic acids is 1. The van der Waals surface area contributed by atoms with Crippen molar-refractivity contribution in [1.82, 2.24) is 0 Å². The first kappa shape index (κ1) is 15.4. The highest BCUT2D eigenvalue weighted by atomic mass is 16.5. The van der Waals surface area contributed by atoms with Crippen LogP contribution in [0.1, 0.15) is 26.2 Å². The van der Waals surface area contributed by atoms with Crippen molar-refractivity contribution in [2.75, 3.05) is 12.4 Å². The Morgan fingerprint density at radius 2 is 2.05 bits per heavy atom. The van der Waals surface area contributed by atoms with Gasteiger partial charge in [0.1, 0.15) is 5.75 Å². The lowest BCUT2D eigenvalue weighted by atomic mass is 9.95. The molecule has 21 heavy (non-hydrogen) atoms. The highest BCUT2D eigenvalue weighted by Gasteiger charge is 2.42. The molecule has 1 aliphatic rings. The molecule has 1 saturated carbocycles. The second kappa shape index (κ2) is 6.61. The highest BCUT2D eigenvalue weighted by Crippen LogP contribution is 2.39. The minimum atomic E-state index is -0.878. The molecule has 0 radical (unpaired) electrons. The Morgan fingerprint density at radius 1 is 1.33 bits per heavy atom. The van der Waals surface area contributed by atoms with Crippen LogP contribution in [0.4, 0.5) is 5.69 Å². The van der Waals surface area contributed by atoms with Crippen LogP contribution in [0, 0.1) is 17.8 Å². The molecule has 3 unspecified atom stereocenters. The molecule has 0 aliphatic heterocycles. The van der Waals surface area contributed by atoms with Crippen molar-refractivity contribution in [3.8, 4) is 5.75 Å². The molecule has 1 aromatic carbocycles. The Morgan fingerprint density at radius 3 is 2.67 bits per heavy atom. The van der Waals surface area contributed by atoms with Crippen LogP contribution in [0.25, 0.3) is 0 Å². The SMILES string of the molecule is CCC1CC(C(=O)O)C(C(=O)Nc2cccc(OC)c2)C1. The van der Waals surface area contributed by atoms with Gasteiger partial charge in [0.2, 0.25) is 5.91 Å². The predicted molar refractivity (Wildman–Crippen MR) is 79.3 cm³/mol. The van der Waals surface area contributed by atoms with Crippen molar-refractivity contribution in [2.24, 2.45) is 17.8 Å². The van der Waals surface area contributed by atoms with Crippen LogP contribution in [0.2, 0.25) is 0 Å². The highest BCUT2D eigenvalue weighted by molar-refractivity contribution is 5.95. The summed E-state index contributed by atoms with van der Waals surface area (Å²) >= 11 is 0. The van der Waals surface area contributed by atoms with E-state index in [0.717, 1.165) is 6.42 Å². The smallest absolute Gasteiger partial charge is 0.307 e. The Balaban J connectivity index is 2.09. The summed E-state index contributed by atoms with van der Waals surface area (Å²) in [7, 11) is 1.56. The minimum absolute atomic E-state index is 0.216. The van der Waals surface area contributed by atoms with Gasteiger partial charge in [0.15, 0.2) is 0 Å². The molecule has 3 atom stereocenters. The number of carboxylic acids is 1. The number of carbonyl (C=O) groups is 2. The Kier molecular flexibility index (Phi) is 4.83. The van der Waals surface area contributed by atoms with Crippen molar-refractivity contribution >= 4 is 17.6 Å². The molecule has 0 aromatic heterocycles. The molecule has 1 fully saturated rings. The molecular formula is C16H21NO4. The summed E-state index contributed by atoms with van der Waals surface area (Å²) in [5.74, 6) is -1.17. The molecule has 0 saturated heterocycles. The first-order valence-electron chi connectivity index (χ1n) is 7.22. The van der Waals surface area contributed by atoms with E-state index >= 15 is 0 Å². The van der Waals surface area contributed by atoms with Gasteiger partial charge in [0, 0.05) is 11.8 Å². The summed E-state index contributed by atoms with van der Waals surface area (Å²) in [6, 6.07) is 7.06. The lowest BCUT2D eigenvalue weighted by Crippen LogP contribution is -2.29. The Hall–Kier alpha value is -2.04. The van der Waals surface area contributed by atoms with Gasteiger partial charge < -0.3 is 15.2 Å². The number of methoxy groups -OCH3 is 1. The van der Waals surface area contributed by atoms with E-state index in [-0.39, 0.29) is 5.91 Å². The zero-order valence-electron chi connectivity index (χ0n) is 12.3. The number of hydrogen-bond donors (Lipinski definition) is 2. The lowest BCUT2D eigenvalue weighted by Gasteiger charge is -2.15. The summed E-state index contributed by atoms with van der Waals surface area (Å²) in [5, 5.41) is 12.1. The van der Waals surface area contributed by atoms with Gasteiger partial charge in [-0.25, -0.2) is 0 Å². The maximum Gasteiger partial charge on any atom is 0.307 e. The lowest BCUT2D eigenvalue weighted by molar-refractivity contribution is -0.145. The van der Waals surface area contributed by atoms with Crippen LogP contribution in [-0.4, -0.2) is 24.1 Å². The molecule has 5 nitrogen and oxygen atoms in total. The van der Waals surface area contributed by atoms with Crippen LogP contribution < -0.4 is 10.1 Å². The quantitative estimate of drug-likeness (QED) is 0.874. The molecule has 114 valence electrons. The average Bonchev–Trinajstić information content (AvgIpc) is 2.92. The van der Waals surface area contributed by atoms with Gasteiger partial charge in [0.25, 0.3) is 0 Å². The van der Waals surface area contributed by atoms with Crippen molar-refractivity contribution in [2.45, 2.75) is 26.2 Å². The number of aliphatic carboxylic acids is 1. The molecular weight excluding hydrogens is 270 g/mol. The Bertz CT molecular complexity index is 529. The van der Waals surface area contributed by atoms with E-state index in [2.05, 4.69) is 5.32 Å². The standard InChI is InChI=1S/C16H21NO4/c1-3-10-7-13(14(8-10)16(19)20)15(18)17-11-5-4-6-12(9-11)21-2/h4-6,9-10,13-14H,3,7-8H2,1-2H3,(H,17,18)(H,19,20). The van der Waals surface area contributed by atoms with Crippen molar-refractivity contribution in [3.05, 3.63) is 24.3 Å². The number of ether oxygens (including phenoxy) is 1. The number of nitrogens with one attached hydrogen (secondary N) is 1. The van der Waals surface area contributed by atoms with Gasteiger partial charge in [-0.15, -0.1) is 0 Å². The first-order valence-corrected chi connectivity index (χ1v) is 7.22. The molecule has 1 aliphatic carbocycles. The number of hydrogen-bond acceptors (Lipinski definition) is 3. The van der Waals surface area contributed by atoms with Crippen molar-refractivity contribution < 1.29 is 19.4 Å². The summed E-state index contributed by atoms with van der Waals surface area (Å²) in [4.78, 5) is 23.7. The molecule has 0 heterocycles. The molecule has 0 bridgehead atoms. The third-order valence-electron chi connectivity index (χ3n) is 4.23. The fraction of sp³-hybridized carbons (Fsp3) is 0.500. The second-order valence-electron chi connectivity index (χ2n) is 5.52. The monoisotopic (exact) mass is 291 g/mol. The van der Waals surface area contributed by atoms with E-state index in [1.165, 1.54) is 0 Å². The van der Waals surface area contributed by atoms with Crippen LogP contribution in [-0.2, 0) is 9.59 Å². The van der Waals surface area contributed by atoms with E-state index in [1.807, 2.05) is 6.92 Å². The van der Waals surface area contributed by atoms with Crippen molar-refractivity contribution in [1.29, 1.82) is 0 Å². The van der Waals surface area contributed by atoms with Gasteiger partial charge in [-0.05, 0) is 30.9 Å². The number of anilines is 1. The third kappa shape index (κ3) is 3.54. The largest absolute Gasteiger partial charge is 0.497 e. The molecule has 2 rings (SSSR count). The molecule has 5 heteroatoms. The number of carboxylic acid groups (broad SMARTS) is 1. The minimum Gasteiger partial charge on any atom is -0.497 e. The van der Waals surface area contributed by atoms with Crippen molar-refractivity contribution in [3.63, 3.8) is 0 Å². The van der Waals surface area contributed by atoms with Gasteiger partial charge in [-0.1, -0.05) is 19.4 Å². The zero-order chi connectivity index (χ0) is 15.4. The fourth-order valence-electron chi connectivity index (χ4n) is 2.97. The van der Waals surface area contributed by atoms with Gasteiger partial charge >= 0.3 is 5.97 Å². The van der Waals surface area contributed by atoms with E-state index in [9.17, 15) is 14.7 Å². The summed E-state index contributed by atoms with van der Waals surface area (Å²) in [6.45, 7) is 2.03. The van der Waals surface area contributed by atoms with Gasteiger partial charge in [-0.2, -0.15) is 0 Å². The van der Waals surface area contributed by atoms with Crippen LogP contribution in [0.3, 0.4) is 0 Å². The molecule has 1 aromatic rings.